The highest BCUT2D eigenvalue weighted by Gasteiger charge is 2.42. The van der Waals surface area contributed by atoms with Gasteiger partial charge in [-0.2, -0.15) is 13.2 Å². The molecule has 2 N–H and O–H groups in total. The Balaban J connectivity index is 1.71. The molecular formula is C28H29F5N4O. The molecule has 38 heavy (non-hydrogen) atoms. The summed E-state index contributed by atoms with van der Waals surface area (Å²) in [5, 5.41) is 5.82. The lowest BCUT2D eigenvalue weighted by Gasteiger charge is -2.31. The third kappa shape index (κ3) is 5.95. The number of benzene rings is 2. The number of hydrogen-bond donors (Lipinski definition) is 2. The van der Waals surface area contributed by atoms with Gasteiger partial charge in [-0.05, 0) is 67.6 Å². The Morgan fingerprint density at radius 2 is 1.74 bits per heavy atom. The first-order valence-electron chi connectivity index (χ1n) is 12.6. The van der Waals surface area contributed by atoms with Crippen LogP contribution in [0.4, 0.5) is 27.9 Å². The minimum absolute atomic E-state index is 0.0303. The van der Waals surface area contributed by atoms with Crippen LogP contribution in [0, 0.1) is 11.6 Å². The molecule has 2 aromatic carbocycles. The number of carbonyl (C=O) groups is 1. The van der Waals surface area contributed by atoms with Gasteiger partial charge < -0.3 is 10.6 Å². The van der Waals surface area contributed by atoms with Crippen LogP contribution in [0.15, 0.2) is 48.7 Å². The summed E-state index contributed by atoms with van der Waals surface area (Å²) in [4.78, 5) is 22.5. The monoisotopic (exact) mass is 532 g/mol. The molecular weight excluding hydrogens is 503 g/mol. The summed E-state index contributed by atoms with van der Waals surface area (Å²) in [6.07, 6.45) is 0.607. The van der Waals surface area contributed by atoms with Crippen LogP contribution in [0.1, 0.15) is 78.7 Å². The van der Waals surface area contributed by atoms with Crippen molar-refractivity contribution in [1.29, 1.82) is 0 Å². The number of anilines is 1. The molecule has 5 nitrogen and oxygen atoms in total. The van der Waals surface area contributed by atoms with Crippen molar-refractivity contribution in [3.63, 3.8) is 0 Å². The highest BCUT2D eigenvalue weighted by molar-refractivity contribution is 5.95. The van der Waals surface area contributed by atoms with Gasteiger partial charge >= 0.3 is 6.18 Å². The van der Waals surface area contributed by atoms with Crippen molar-refractivity contribution in [2.75, 3.05) is 5.32 Å². The maximum atomic E-state index is 13.9. The van der Waals surface area contributed by atoms with Gasteiger partial charge in [0, 0.05) is 24.2 Å². The average molecular weight is 533 g/mol. The lowest BCUT2D eigenvalue weighted by Crippen LogP contribution is -2.33. The Morgan fingerprint density at radius 3 is 2.37 bits per heavy atom. The standard InChI is InChI=1S/C28H29F5N4O/c1-3-17(2)36-26-35-16-23(25(38)34-15-18-12-20(28(31,32)33)14-22(30)13-18)24(37-26)27(10-4-5-11-27)19-6-8-21(29)9-7-19/h6-9,12-14,16-17H,3-5,10-11,15H2,1-2H3,(H,34,38)(H,35,36,37). The molecule has 0 aliphatic heterocycles. The van der Waals surface area contributed by atoms with E-state index >= 15 is 0 Å². The topological polar surface area (TPSA) is 66.9 Å². The fraction of sp³-hybridized carbons (Fsp3) is 0.393. The number of hydrogen-bond acceptors (Lipinski definition) is 4. The Labute approximate surface area is 217 Å². The van der Waals surface area contributed by atoms with E-state index in [1.807, 2.05) is 13.8 Å². The number of nitrogens with one attached hydrogen (secondary N) is 2. The van der Waals surface area contributed by atoms with Gasteiger partial charge in [0.15, 0.2) is 0 Å². The summed E-state index contributed by atoms with van der Waals surface area (Å²) < 4.78 is 67.0. The summed E-state index contributed by atoms with van der Waals surface area (Å²) >= 11 is 0. The van der Waals surface area contributed by atoms with E-state index in [-0.39, 0.29) is 29.5 Å². The van der Waals surface area contributed by atoms with E-state index in [4.69, 9.17) is 4.98 Å². The van der Waals surface area contributed by atoms with Gasteiger partial charge in [0.05, 0.1) is 16.8 Å². The van der Waals surface area contributed by atoms with Gasteiger partial charge in [-0.15, -0.1) is 0 Å². The summed E-state index contributed by atoms with van der Waals surface area (Å²) in [5.41, 5.74) is -0.380. The zero-order chi connectivity index (χ0) is 27.5. The zero-order valence-corrected chi connectivity index (χ0v) is 21.1. The molecule has 0 saturated heterocycles. The minimum atomic E-state index is -4.72. The van der Waals surface area contributed by atoms with Crippen LogP contribution in [-0.4, -0.2) is 21.9 Å². The smallest absolute Gasteiger partial charge is 0.352 e. The summed E-state index contributed by atoms with van der Waals surface area (Å²) in [5.74, 6) is -1.68. The van der Waals surface area contributed by atoms with Crippen molar-refractivity contribution in [2.45, 2.75) is 70.1 Å². The van der Waals surface area contributed by atoms with Gasteiger partial charge in [0.2, 0.25) is 5.95 Å². The molecule has 4 rings (SSSR count). The summed E-state index contributed by atoms with van der Waals surface area (Å²) in [6, 6.07) is 8.36. The molecule has 1 amide bonds. The maximum absolute atomic E-state index is 13.9. The van der Waals surface area contributed by atoms with E-state index in [9.17, 15) is 26.7 Å². The van der Waals surface area contributed by atoms with Crippen LogP contribution in [0.5, 0.6) is 0 Å². The van der Waals surface area contributed by atoms with Crippen LogP contribution < -0.4 is 10.6 Å². The van der Waals surface area contributed by atoms with E-state index < -0.39 is 28.9 Å². The molecule has 1 aromatic heterocycles. The van der Waals surface area contributed by atoms with Crippen molar-refractivity contribution in [3.05, 3.63) is 88.2 Å². The highest BCUT2D eigenvalue weighted by Crippen LogP contribution is 2.47. The first kappa shape index (κ1) is 27.5. The maximum Gasteiger partial charge on any atom is 0.416 e. The van der Waals surface area contributed by atoms with Crippen molar-refractivity contribution >= 4 is 11.9 Å². The molecule has 0 spiro atoms. The fourth-order valence-corrected chi connectivity index (χ4v) is 4.91. The second-order valence-electron chi connectivity index (χ2n) is 9.73. The lowest BCUT2D eigenvalue weighted by molar-refractivity contribution is -0.137. The largest absolute Gasteiger partial charge is 0.416 e. The second-order valence-corrected chi connectivity index (χ2v) is 9.73. The van der Waals surface area contributed by atoms with Crippen LogP contribution >= 0.6 is 0 Å². The molecule has 1 atom stereocenters. The highest BCUT2D eigenvalue weighted by atomic mass is 19.4. The number of carbonyl (C=O) groups excluding carboxylic acids is 1. The molecule has 1 heterocycles. The molecule has 1 fully saturated rings. The lowest BCUT2D eigenvalue weighted by atomic mass is 9.74. The molecule has 3 aromatic rings. The van der Waals surface area contributed by atoms with E-state index in [0.29, 0.717) is 30.6 Å². The summed E-state index contributed by atoms with van der Waals surface area (Å²) in [6.45, 7) is 3.66. The van der Waals surface area contributed by atoms with Crippen LogP contribution in [0.25, 0.3) is 0 Å². The number of nitrogens with zero attached hydrogens (tertiary/aromatic N) is 2. The molecule has 1 saturated carbocycles. The van der Waals surface area contributed by atoms with Crippen LogP contribution in [0.2, 0.25) is 0 Å². The number of halogens is 5. The minimum Gasteiger partial charge on any atom is -0.352 e. The molecule has 202 valence electrons. The molecule has 1 aliphatic carbocycles. The number of aromatic nitrogens is 2. The van der Waals surface area contributed by atoms with E-state index in [1.54, 1.807) is 12.1 Å². The third-order valence-corrected chi connectivity index (χ3v) is 7.07. The van der Waals surface area contributed by atoms with E-state index in [2.05, 4.69) is 15.6 Å². The second kappa shape index (κ2) is 11.0. The van der Waals surface area contributed by atoms with Crippen LogP contribution in [0.3, 0.4) is 0 Å². The Morgan fingerprint density at radius 1 is 1.05 bits per heavy atom. The average Bonchev–Trinajstić information content (AvgIpc) is 3.38. The Hall–Kier alpha value is -3.56. The van der Waals surface area contributed by atoms with Crippen molar-refractivity contribution in [3.8, 4) is 0 Å². The fourth-order valence-electron chi connectivity index (χ4n) is 4.91. The number of amides is 1. The molecule has 0 radical (unpaired) electrons. The van der Waals surface area contributed by atoms with E-state index in [1.165, 1.54) is 18.3 Å². The predicted molar refractivity (Wildman–Crippen MR) is 134 cm³/mol. The van der Waals surface area contributed by atoms with Crippen molar-refractivity contribution in [2.24, 2.45) is 0 Å². The SMILES string of the molecule is CCC(C)Nc1ncc(C(=O)NCc2cc(F)cc(C(F)(F)F)c2)c(C2(c3ccc(F)cc3)CCCC2)n1. The van der Waals surface area contributed by atoms with Crippen molar-refractivity contribution < 1.29 is 26.7 Å². The molecule has 1 aliphatic rings. The van der Waals surface area contributed by atoms with Gasteiger partial charge in [0.1, 0.15) is 11.6 Å². The first-order chi connectivity index (χ1) is 18.0. The quantitative estimate of drug-likeness (QED) is 0.314. The number of alkyl halides is 3. The first-order valence-corrected chi connectivity index (χ1v) is 12.6. The molecule has 1 unspecified atom stereocenters. The van der Waals surface area contributed by atoms with Gasteiger partial charge in [0.25, 0.3) is 5.91 Å². The van der Waals surface area contributed by atoms with Crippen LogP contribution in [-0.2, 0) is 18.1 Å². The van der Waals surface area contributed by atoms with E-state index in [0.717, 1.165) is 37.0 Å². The van der Waals surface area contributed by atoms with Gasteiger partial charge in [-0.1, -0.05) is 31.9 Å². The number of rotatable bonds is 8. The van der Waals surface area contributed by atoms with Crippen molar-refractivity contribution in [1.82, 2.24) is 15.3 Å². The summed E-state index contributed by atoms with van der Waals surface area (Å²) in [7, 11) is 0. The van der Waals surface area contributed by atoms with Gasteiger partial charge in [-0.25, -0.2) is 18.7 Å². The Kier molecular flexibility index (Phi) is 7.99. The molecule has 10 heteroatoms. The Bertz CT molecular complexity index is 1290. The molecule has 0 bridgehead atoms. The zero-order valence-electron chi connectivity index (χ0n) is 21.1. The van der Waals surface area contributed by atoms with Gasteiger partial charge in [-0.3, -0.25) is 4.79 Å². The predicted octanol–water partition coefficient (Wildman–Crippen LogP) is 6.77. The third-order valence-electron chi connectivity index (χ3n) is 7.07. The normalized spacial score (nSPS) is 15.8.